The smallest absolute Gasteiger partial charge is 0.147 e. The van der Waals surface area contributed by atoms with Gasteiger partial charge in [0.15, 0.2) is 0 Å². The van der Waals surface area contributed by atoms with Gasteiger partial charge < -0.3 is 5.32 Å². The maximum absolute atomic E-state index is 4.35. The highest BCUT2D eigenvalue weighted by Gasteiger charge is 2.01. The molecule has 0 unspecified atom stereocenters. The van der Waals surface area contributed by atoms with Crippen LogP contribution in [0.3, 0.4) is 0 Å². The molecule has 16 heavy (non-hydrogen) atoms. The Labute approximate surface area is 98.5 Å². The predicted octanol–water partition coefficient (Wildman–Crippen LogP) is 2.06. The summed E-state index contributed by atoms with van der Waals surface area (Å²) in [6.07, 6.45) is 5.07. The summed E-state index contributed by atoms with van der Waals surface area (Å²) in [5, 5.41) is 7.69. The van der Waals surface area contributed by atoms with Crippen molar-refractivity contribution in [1.29, 1.82) is 0 Å². The summed E-state index contributed by atoms with van der Waals surface area (Å²) in [5.41, 5.74) is 0. The minimum absolute atomic E-state index is 0.879. The van der Waals surface area contributed by atoms with Gasteiger partial charge in [-0.1, -0.05) is 19.8 Å². The zero-order valence-corrected chi connectivity index (χ0v) is 10.8. The molecule has 0 aliphatic rings. The number of aromatic nitrogens is 3. The Bertz CT molecular complexity index is 293. The Hall–Kier alpha value is -0.900. The minimum Gasteiger partial charge on any atom is -0.317 e. The SMILES string of the molecule is CCNCCCCCCn1nc(C)nc1C. The fraction of sp³-hybridized carbons (Fsp3) is 0.833. The van der Waals surface area contributed by atoms with E-state index in [1.165, 1.54) is 25.7 Å². The van der Waals surface area contributed by atoms with E-state index in [1.807, 2.05) is 18.5 Å². The summed E-state index contributed by atoms with van der Waals surface area (Å²) in [7, 11) is 0. The quantitative estimate of drug-likeness (QED) is 0.687. The molecule has 0 bridgehead atoms. The standard InChI is InChI=1S/C12H24N4/c1-4-13-9-7-5-6-8-10-16-12(3)14-11(2)15-16/h13H,4-10H2,1-3H3. The molecule has 1 aromatic rings. The number of nitrogens with one attached hydrogen (secondary N) is 1. The van der Waals surface area contributed by atoms with Crippen LogP contribution in [0.25, 0.3) is 0 Å². The summed E-state index contributed by atoms with van der Waals surface area (Å²) in [6.45, 7) is 9.35. The van der Waals surface area contributed by atoms with Gasteiger partial charge in [0.1, 0.15) is 11.6 Å². The van der Waals surface area contributed by atoms with Crippen LogP contribution in [0.15, 0.2) is 0 Å². The van der Waals surface area contributed by atoms with Crippen LogP contribution in [0.5, 0.6) is 0 Å². The van der Waals surface area contributed by atoms with Crippen LogP contribution in [0.4, 0.5) is 0 Å². The molecule has 0 aromatic carbocycles. The molecule has 1 rings (SSSR count). The molecule has 0 saturated heterocycles. The molecule has 0 atom stereocenters. The zero-order valence-electron chi connectivity index (χ0n) is 10.8. The van der Waals surface area contributed by atoms with Gasteiger partial charge in [0, 0.05) is 6.54 Å². The monoisotopic (exact) mass is 224 g/mol. The third kappa shape index (κ3) is 4.75. The highest BCUT2D eigenvalue weighted by molar-refractivity contribution is 4.87. The second-order valence-corrected chi connectivity index (χ2v) is 4.20. The van der Waals surface area contributed by atoms with Gasteiger partial charge in [-0.2, -0.15) is 5.10 Å². The van der Waals surface area contributed by atoms with Crippen molar-refractivity contribution in [1.82, 2.24) is 20.1 Å². The minimum atomic E-state index is 0.879. The van der Waals surface area contributed by atoms with E-state index in [-0.39, 0.29) is 0 Å². The maximum atomic E-state index is 4.35. The Morgan fingerprint density at radius 2 is 1.88 bits per heavy atom. The van der Waals surface area contributed by atoms with Crippen LogP contribution < -0.4 is 5.32 Å². The Kier molecular flexibility index (Phi) is 6.08. The molecule has 0 aliphatic heterocycles. The van der Waals surface area contributed by atoms with Crippen molar-refractivity contribution in [3.05, 3.63) is 11.6 Å². The van der Waals surface area contributed by atoms with Crippen molar-refractivity contribution in [2.45, 2.75) is 53.0 Å². The first-order chi connectivity index (χ1) is 7.74. The Balaban J connectivity index is 2.05. The topological polar surface area (TPSA) is 42.7 Å². The van der Waals surface area contributed by atoms with E-state index in [0.717, 1.165) is 31.3 Å². The maximum Gasteiger partial charge on any atom is 0.147 e. The molecule has 0 spiro atoms. The van der Waals surface area contributed by atoms with E-state index in [9.17, 15) is 0 Å². The number of unbranched alkanes of at least 4 members (excludes halogenated alkanes) is 3. The van der Waals surface area contributed by atoms with Crippen molar-refractivity contribution in [3.8, 4) is 0 Å². The first-order valence-corrected chi connectivity index (χ1v) is 6.32. The predicted molar refractivity (Wildman–Crippen MR) is 66.5 cm³/mol. The van der Waals surface area contributed by atoms with Crippen LogP contribution in [-0.2, 0) is 6.54 Å². The van der Waals surface area contributed by atoms with Gasteiger partial charge in [-0.3, -0.25) is 4.68 Å². The first-order valence-electron chi connectivity index (χ1n) is 6.32. The summed E-state index contributed by atoms with van der Waals surface area (Å²) in [6, 6.07) is 0. The fourth-order valence-corrected chi connectivity index (χ4v) is 1.82. The van der Waals surface area contributed by atoms with E-state index in [0.29, 0.717) is 0 Å². The number of rotatable bonds is 8. The van der Waals surface area contributed by atoms with E-state index < -0.39 is 0 Å². The second-order valence-electron chi connectivity index (χ2n) is 4.20. The molecule has 0 radical (unpaired) electrons. The Morgan fingerprint density at radius 3 is 2.50 bits per heavy atom. The van der Waals surface area contributed by atoms with Crippen LogP contribution in [-0.4, -0.2) is 27.9 Å². The third-order valence-corrected chi connectivity index (χ3v) is 2.69. The summed E-state index contributed by atoms with van der Waals surface area (Å²) >= 11 is 0. The zero-order chi connectivity index (χ0) is 11.8. The molecular formula is C12H24N4. The van der Waals surface area contributed by atoms with Crippen molar-refractivity contribution in [2.75, 3.05) is 13.1 Å². The lowest BCUT2D eigenvalue weighted by Gasteiger charge is -2.03. The van der Waals surface area contributed by atoms with Crippen molar-refractivity contribution in [2.24, 2.45) is 0 Å². The lowest BCUT2D eigenvalue weighted by atomic mass is 10.2. The highest BCUT2D eigenvalue weighted by Crippen LogP contribution is 2.03. The van der Waals surface area contributed by atoms with E-state index in [4.69, 9.17) is 0 Å². The van der Waals surface area contributed by atoms with E-state index in [1.54, 1.807) is 0 Å². The van der Waals surface area contributed by atoms with Gasteiger partial charge in [0.2, 0.25) is 0 Å². The third-order valence-electron chi connectivity index (χ3n) is 2.69. The van der Waals surface area contributed by atoms with Crippen LogP contribution in [0, 0.1) is 13.8 Å². The molecule has 1 heterocycles. The van der Waals surface area contributed by atoms with Gasteiger partial charge in [-0.05, 0) is 39.8 Å². The lowest BCUT2D eigenvalue weighted by Crippen LogP contribution is -2.13. The van der Waals surface area contributed by atoms with Crippen LogP contribution >= 0.6 is 0 Å². The van der Waals surface area contributed by atoms with Crippen molar-refractivity contribution in [3.63, 3.8) is 0 Å². The number of nitrogens with zero attached hydrogens (tertiary/aromatic N) is 3. The average Bonchev–Trinajstić information content (AvgIpc) is 2.56. The van der Waals surface area contributed by atoms with Crippen molar-refractivity contribution >= 4 is 0 Å². The van der Waals surface area contributed by atoms with Crippen molar-refractivity contribution < 1.29 is 0 Å². The molecule has 1 aromatic heterocycles. The average molecular weight is 224 g/mol. The van der Waals surface area contributed by atoms with Gasteiger partial charge in [-0.25, -0.2) is 4.98 Å². The summed E-state index contributed by atoms with van der Waals surface area (Å²) in [4.78, 5) is 4.29. The lowest BCUT2D eigenvalue weighted by molar-refractivity contribution is 0.516. The largest absolute Gasteiger partial charge is 0.317 e. The fourth-order valence-electron chi connectivity index (χ4n) is 1.82. The summed E-state index contributed by atoms with van der Waals surface area (Å²) in [5.74, 6) is 1.91. The second kappa shape index (κ2) is 7.39. The number of aryl methyl sites for hydroxylation is 3. The van der Waals surface area contributed by atoms with Gasteiger partial charge in [0.25, 0.3) is 0 Å². The summed E-state index contributed by atoms with van der Waals surface area (Å²) < 4.78 is 2.01. The number of hydrogen-bond donors (Lipinski definition) is 1. The normalized spacial score (nSPS) is 10.9. The molecule has 92 valence electrons. The molecule has 0 saturated carbocycles. The molecular weight excluding hydrogens is 200 g/mol. The van der Waals surface area contributed by atoms with Gasteiger partial charge >= 0.3 is 0 Å². The molecule has 4 nitrogen and oxygen atoms in total. The molecule has 4 heteroatoms. The van der Waals surface area contributed by atoms with E-state index >= 15 is 0 Å². The Morgan fingerprint density at radius 1 is 1.12 bits per heavy atom. The first kappa shape index (κ1) is 13.2. The van der Waals surface area contributed by atoms with Crippen LogP contribution in [0.1, 0.15) is 44.3 Å². The molecule has 0 aliphatic carbocycles. The highest BCUT2D eigenvalue weighted by atomic mass is 15.3. The van der Waals surface area contributed by atoms with Crippen LogP contribution in [0.2, 0.25) is 0 Å². The molecule has 0 fully saturated rings. The molecule has 0 amide bonds. The van der Waals surface area contributed by atoms with Gasteiger partial charge in [-0.15, -0.1) is 0 Å². The van der Waals surface area contributed by atoms with Gasteiger partial charge in [0.05, 0.1) is 0 Å². The number of hydrogen-bond acceptors (Lipinski definition) is 3. The molecule has 1 N–H and O–H groups in total. The van der Waals surface area contributed by atoms with E-state index in [2.05, 4.69) is 22.3 Å².